The second-order valence-corrected chi connectivity index (χ2v) is 4.66. The fourth-order valence-electron chi connectivity index (χ4n) is 1.78. The topological polar surface area (TPSA) is 99.3 Å². The van der Waals surface area contributed by atoms with E-state index < -0.39 is 11.8 Å². The monoisotopic (exact) mass is 310 g/mol. The number of carbonyl (C=O) groups is 2. The van der Waals surface area contributed by atoms with Gasteiger partial charge in [-0.15, -0.1) is 0 Å². The van der Waals surface area contributed by atoms with Crippen LogP contribution in [0.15, 0.2) is 58.5 Å². The number of amides is 2. The average molecular weight is 310 g/mol. The van der Waals surface area contributed by atoms with Gasteiger partial charge in [0.2, 0.25) is 0 Å². The van der Waals surface area contributed by atoms with E-state index in [1.165, 1.54) is 31.2 Å². The van der Waals surface area contributed by atoms with Crippen molar-refractivity contribution in [2.24, 2.45) is 9.98 Å². The van der Waals surface area contributed by atoms with Crippen LogP contribution in [0.5, 0.6) is 11.5 Å². The summed E-state index contributed by atoms with van der Waals surface area (Å²) >= 11 is 0. The van der Waals surface area contributed by atoms with Crippen LogP contribution < -0.4 is 0 Å². The molecule has 0 saturated heterocycles. The van der Waals surface area contributed by atoms with Gasteiger partial charge in [0, 0.05) is 0 Å². The van der Waals surface area contributed by atoms with Crippen molar-refractivity contribution in [3.63, 3.8) is 0 Å². The van der Waals surface area contributed by atoms with E-state index in [4.69, 9.17) is 0 Å². The summed E-state index contributed by atoms with van der Waals surface area (Å²) in [5.41, 5.74) is 0.317. The minimum atomic E-state index is -0.646. The van der Waals surface area contributed by atoms with Gasteiger partial charge >= 0.3 is 0 Å². The Kier molecular flexibility index (Phi) is 4.99. The fraction of sp³-hybridized carbons (Fsp3) is 0.0588. The largest absolute Gasteiger partial charge is 0.507 e. The molecule has 2 rings (SSSR count). The quantitative estimate of drug-likeness (QED) is 0.851. The number of aromatic hydroxyl groups is 2. The van der Waals surface area contributed by atoms with Gasteiger partial charge < -0.3 is 10.2 Å². The van der Waals surface area contributed by atoms with Crippen LogP contribution in [0.1, 0.15) is 27.6 Å². The molecule has 2 aromatic rings. The second kappa shape index (κ2) is 7.13. The van der Waals surface area contributed by atoms with Gasteiger partial charge in [0.25, 0.3) is 11.8 Å². The van der Waals surface area contributed by atoms with E-state index in [9.17, 15) is 19.8 Å². The van der Waals surface area contributed by atoms with E-state index in [2.05, 4.69) is 9.98 Å². The number of rotatable bonds is 3. The molecule has 0 aromatic heterocycles. The fourth-order valence-corrected chi connectivity index (χ4v) is 1.78. The van der Waals surface area contributed by atoms with E-state index in [0.717, 1.165) is 6.21 Å². The lowest BCUT2D eigenvalue weighted by Gasteiger charge is -2.00. The Morgan fingerprint density at radius 1 is 0.870 bits per heavy atom. The zero-order valence-electron chi connectivity index (χ0n) is 12.3. The van der Waals surface area contributed by atoms with E-state index in [1.807, 2.05) is 0 Å². The van der Waals surface area contributed by atoms with Crippen molar-refractivity contribution in [2.45, 2.75) is 6.92 Å². The maximum absolute atomic E-state index is 11.9. The standard InChI is InChI=1S/C17H14N2O4/c1-11(19-17(23)13-7-3-5-9-15(13)21)10-18-16(22)12-6-2-4-8-14(12)20/h2-10,20-21H,1H3. The molecule has 0 aliphatic rings. The minimum Gasteiger partial charge on any atom is -0.507 e. The summed E-state index contributed by atoms with van der Waals surface area (Å²) in [7, 11) is 0. The zero-order valence-corrected chi connectivity index (χ0v) is 12.3. The van der Waals surface area contributed by atoms with Gasteiger partial charge in [0.15, 0.2) is 0 Å². The normalized spacial score (nSPS) is 11.6. The Morgan fingerprint density at radius 2 is 1.35 bits per heavy atom. The van der Waals surface area contributed by atoms with Crippen molar-refractivity contribution in [2.75, 3.05) is 0 Å². The first-order valence-electron chi connectivity index (χ1n) is 6.73. The molecule has 2 N–H and O–H groups in total. The molecular formula is C17H14N2O4. The number of nitrogens with zero attached hydrogens (tertiary/aromatic N) is 2. The SMILES string of the molecule is CC(C=NC(=O)c1ccccc1O)=NC(=O)c1ccccc1O. The van der Waals surface area contributed by atoms with Crippen LogP contribution in [-0.4, -0.2) is 34.0 Å². The summed E-state index contributed by atoms with van der Waals surface area (Å²) in [5.74, 6) is -1.62. The predicted molar refractivity (Wildman–Crippen MR) is 86.5 cm³/mol. The number of hydrogen-bond donors (Lipinski definition) is 2. The summed E-state index contributed by atoms with van der Waals surface area (Å²) in [5, 5.41) is 19.1. The molecule has 23 heavy (non-hydrogen) atoms. The highest BCUT2D eigenvalue weighted by molar-refractivity contribution is 6.34. The van der Waals surface area contributed by atoms with Crippen LogP contribution in [0.2, 0.25) is 0 Å². The number of para-hydroxylation sites is 2. The maximum atomic E-state index is 11.9. The summed E-state index contributed by atoms with van der Waals surface area (Å²) in [4.78, 5) is 31.2. The van der Waals surface area contributed by atoms with Gasteiger partial charge in [-0.2, -0.15) is 0 Å². The third kappa shape index (κ3) is 4.10. The Morgan fingerprint density at radius 3 is 1.87 bits per heavy atom. The van der Waals surface area contributed by atoms with Gasteiger partial charge in [-0.05, 0) is 31.2 Å². The molecule has 2 aromatic carbocycles. The zero-order chi connectivity index (χ0) is 16.8. The van der Waals surface area contributed by atoms with Gasteiger partial charge in [-0.1, -0.05) is 24.3 Å². The highest BCUT2D eigenvalue weighted by atomic mass is 16.3. The lowest BCUT2D eigenvalue weighted by molar-refractivity contribution is 0.0990. The molecule has 0 fully saturated rings. The lowest BCUT2D eigenvalue weighted by atomic mass is 10.2. The van der Waals surface area contributed by atoms with E-state index >= 15 is 0 Å². The number of hydrogen-bond acceptors (Lipinski definition) is 4. The van der Waals surface area contributed by atoms with Crippen molar-refractivity contribution < 1.29 is 19.8 Å². The van der Waals surface area contributed by atoms with Crippen molar-refractivity contribution in [1.82, 2.24) is 0 Å². The van der Waals surface area contributed by atoms with Crippen LogP contribution in [0, 0.1) is 0 Å². The molecule has 0 spiro atoms. The Balaban J connectivity index is 2.13. The third-order valence-corrected chi connectivity index (χ3v) is 2.92. The lowest BCUT2D eigenvalue weighted by Crippen LogP contribution is -2.04. The number of aliphatic imine (C=N–C) groups is 2. The highest BCUT2D eigenvalue weighted by Gasteiger charge is 2.10. The Hall–Kier alpha value is -3.28. The number of phenolic OH excluding ortho intramolecular Hbond substituents is 2. The molecule has 0 radical (unpaired) electrons. The second-order valence-electron chi connectivity index (χ2n) is 4.66. The first-order valence-corrected chi connectivity index (χ1v) is 6.73. The van der Waals surface area contributed by atoms with E-state index in [-0.39, 0.29) is 28.3 Å². The average Bonchev–Trinajstić information content (AvgIpc) is 2.53. The van der Waals surface area contributed by atoms with Gasteiger partial charge in [0.05, 0.1) is 23.1 Å². The molecule has 0 atom stereocenters. The highest BCUT2D eigenvalue weighted by Crippen LogP contribution is 2.17. The van der Waals surface area contributed by atoms with Crippen molar-refractivity contribution >= 4 is 23.7 Å². The molecule has 6 nitrogen and oxygen atoms in total. The molecular weight excluding hydrogens is 296 g/mol. The summed E-state index contributed by atoms with van der Waals surface area (Å²) in [6.45, 7) is 1.50. The third-order valence-electron chi connectivity index (χ3n) is 2.92. The molecule has 0 unspecified atom stereocenters. The Bertz CT molecular complexity index is 810. The smallest absolute Gasteiger partial charge is 0.281 e. The van der Waals surface area contributed by atoms with E-state index in [0.29, 0.717) is 0 Å². The van der Waals surface area contributed by atoms with Gasteiger partial charge in [-0.3, -0.25) is 9.59 Å². The number of phenols is 2. The van der Waals surface area contributed by atoms with Crippen molar-refractivity contribution in [3.05, 3.63) is 59.7 Å². The van der Waals surface area contributed by atoms with Crippen LogP contribution in [0.25, 0.3) is 0 Å². The molecule has 0 saturated carbocycles. The molecule has 2 amide bonds. The number of carbonyl (C=O) groups excluding carboxylic acids is 2. The molecule has 0 bridgehead atoms. The van der Waals surface area contributed by atoms with Gasteiger partial charge in [0.1, 0.15) is 11.5 Å². The van der Waals surface area contributed by atoms with Crippen LogP contribution in [0.3, 0.4) is 0 Å². The minimum absolute atomic E-state index is 0.0589. The number of benzene rings is 2. The molecule has 0 aliphatic heterocycles. The molecule has 0 heterocycles. The van der Waals surface area contributed by atoms with Crippen LogP contribution >= 0.6 is 0 Å². The Labute approximate surface area is 132 Å². The van der Waals surface area contributed by atoms with Crippen molar-refractivity contribution in [3.8, 4) is 11.5 Å². The summed E-state index contributed by atoms with van der Waals surface area (Å²) < 4.78 is 0. The van der Waals surface area contributed by atoms with Crippen LogP contribution in [0.4, 0.5) is 0 Å². The van der Waals surface area contributed by atoms with Crippen molar-refractivity contribution in [1.29, 1.82) is 0 Å². The maximum Gasteiger partial charge on any atom is 0.281 e. The van der Waals surface area contributed by atoms with Crippen LogP contribution in [-0.2, 0) is 0 Å². The molecule has 0 aliphatic carbocycles. The first-order chi connectivity index (χ1) is 11.0. The predicted octanol–water partition coefficient (Wildman–Crippen LogP) is 2.61. The van der Waals surface area contributed by atoms with E-state index in [1.54, 1.807) is 24.3 Å². The molecule has 116 valence electrons. The summed E-state index contributed by atoms with van der Waals surface area (Å²) in [6, 6.07) is 12.0. The summed E-state index contributed by atoms with van der Waals surface area (Å²) in [6.07, 6.45) is 1.13. The molecule has 6 heteroatoms. The first kappa shape index (κ1) is 16.1. The van der Waals surface area contributed by atoms with Gasteiger partial charge in [-0.25, -0.2) is 9.98 Å².